The monoisotopic (exact) mass is 243 g/mol. The van der Waals surface area contributed by atoms with Crippen LogP contribution in [0.1, 0.15) is 22.7 Å². The van der Waals surface area contributed by atoms with Crippen LogP contribution < -0.4 is 5.32 Å². The topological polar surface area (TPSA) is 70.0 Å². The van der Waals surface area contributed by atoms with Gasteiger partial charge in [0.15, 0.2) is 11.5 Å². The molecule has 0 amide bonds. The molecule has 0 radical (unpaired) electrons. The first-order chi connectivity index (χ1) is 8.75. The third kappa shape index (κ3) is 1.80. The van der Waals surface area contributed by atoms with Crippen molar-refractivity contribution in [2.24, 2.45) is 0 Å². The van der Waals surface area contributed by atoms with Crippen LogP contribution in [0.15, 0.2) is 36.7 Å². The molecule has 1 atom stereocenters. The third-order valence-corrected chi connectivity index (χ3v) is 3.43. The number of rotatable bonds is 1. The number of aromatic nitrogens is 1. The Morgan fingerprint density at radius 1 is 1.22 bits per heavy atom. The number of aromatic hydroxyl groups is 2. The average Bonchev–Trinajstić information content (AvgIpc) is 2.40. The number of quaternary nitrogens is 1. The van der Waals surface area contributed by atoms with Crippen molar-refractivity contribution >= 4 is 0 Å². The molecule has 4 nitrogen and oxygen atoms in total. The SMILES string of the molecule is Oc1cc2c(cc1O)[C@@H](c1cccnc1)[NH2+]CC2. The molecule has 2 heterocycles. The smallest absolute Gasteiger partial charge is 0.157 e. The lowest BCUT2D eigenvalue weighted by molar-refractivity contribution is -0.690. The summed E-state index contributed by atoms with van der Waals surface area (Å²) in [5.41, 5.74) is 3.27. The lowest BCUT2D eigenvalue weighted by atomic mass is 9.90. The molecule has 1 aliphatic rings. The maximum atomic E-state index is 9.66. The predicted octanol–water partition coefficient (Wildman–Crippen LogP) is 0.702. The van der Waals surface area contributed by atoms with Crippen molar-refractivity contribution in [3.63, 3.8) is 0 Å². The second kappa shape index (κ2) is 4.31. The molecule has 0 saturated carbocycles. The Labute approximate surface area is 105 Å². The largest absolute Gasteiger partial charge is 0.504 e. The van der Waals surface area contributed by atoms with Crippen LogP contribution in [-0.2, 0) is 6.42 Å². The van der Waals surface area contributed by atoms with Gasteiger partial charge in [-0.15, -0.1) is 0 Å². The first-order valence-corrected chi connectivity index (χ1v) is 6.03. The van der Waals surface area contributed by atoms with Crippen LogP contribution in [-0.4, -0.2) is 21.7 Å². The standard InChI is InChI=1S/C14H14N2O2/c17-12-6-9-3-5-16-14(11(9)7-13(12)18)10-2-1-4-15-8-10/h1-2,4,6-8,14,16-18H,3,5H2/p+1/t14-/m1/s1. The van der Waals surface area contributed by atoms with Crippen LogP contribution in [0.5, 0.6) is 11.5 Å². The maximum absolute atomic E-state index is 9.66. The minimum atomic E-state index is -0.0575. The fraction of sp³-hybridized carbons (Fsp3) is 0.214. The van der Waals surface area contributed by atoms with Crippen LogP contribution in [0.4, 0.5) is 0 Å². The van der Waals surface area contributed by atoms with E-state index in [1.165, 1.54) is 0 Å². The summed E-state index contributed by atoms with van der Waals surface area (Å²) >= 11 is 0. The summed E-state index contributed by atoms with van der Waals surface area (Å²) in [5.74, 6) is -0.0986. The molecule has 1 aliphatic heterocycles. The fourth-order valence-corrected chi connectivity index (χ4v) is 2.55. The number of pyridine rings is 1. The second-order valence-electron chi connectivity index (χ2n) is 4.58. The molecule has 0 aliphatic carbocycles. The van der Waals surface area contributed by atoms with Crippen molar-refractivity contribution in [3.05, 3.63) is 53.3 Å². The molecule has 92 valence electrons. The Balaban J connectivity index is 2.09. The van der Waals surface area contributed by atoms with Crippen LogP contribution in [0.25, 0.3) is 0 Å². The Kier molecular flexibility index (Phi) is 2.64. The molecule has 1 aromatic carbocycles. The van der Waals surface area contributed by atoms with Gasteiger partial charge in [0.2, 0.25) is 0 Å². The zero-order chi connectivity index (χ0) is 12.5. The van der Waals surface area contributed by atoms with Crippen molar-refractivity contribution < 1.29 is 15.5 Å². The molecule has 4 N–H and O–H groups in total. The number of fused-ring (bicyclic) bond motifs is 1. The number of phenolic OH excluding ortho intramolecular Hbond substituents is 2. The third-order valence-electron chi connectivity index (χ3n) is 3.43. The van der Waals surface area contributed by atoms with E-state index in [2.05, 4.69) is 10.3 Å². The van der Waals surface area contributed by atoms with Crippen molar-refractivity contribution in [2.75, 3.05) is 6.54 Å². The molecule has 4 heteroatoms. The molecular weight excluding hydrogens is 228 g/mol. The summed E-state index contributed by atoms with van der Waals surface area (Å²) in [6.45, 7) is 0.969. The molecule has 18 heavy (non-hydrogen) atoms. The van der Waals surface area contributed by atoms with E-state index in [9.17, 15) is 10.2 Å². The molecule has 0 spiro atoms. The maximum Gasteiger partial charge on any atom is 0.157 e. The first kappa shape index (κ1) is 11.0. The van der Waals surface area contributed by atoms with Gasteiger partial charge in [0, 0.05) is 29.9 Å². The van der Waals surface area contributed by atoms with Crippen LogP contribution in [0.2, 0.25) is 0 Å². The number of hydrogen-bond acceptors (Lipinski definition) is 3. The van der Waals surface area contributed by atoms with Crippen molar-refractivity contribution in [1.29, 1.82) is 0 Å². The van der Waals surface area contributed by atoms with Gasteiger partial charge in [-0.05, 0) is 29.8 Å². The lowest BCUT2D eigenvalue weighted by Crippen LogP contribution is -2.87. The highest BCUT2D eigenvalue weighted by atomic mass is 16.3. The molecule has 3 rings (SSSR count). The zero-order valence-electron chi connectivity index (χ0n) is 9.87. The van der Waals surface area contributed by atoms with Crippen molar-refractivity contribution in [2.45, 2.75) is 12.5 Å². The minimum Gasteiger partial charge on any atom is -0.504 e. The minimum absolute atomic E-state index is 0.0411. The van der Waals surface area contributed by atoms with E-state index in [4.69, 9.17) is 0 Å². The molecule has 2 aromatic rings. The number of phenols is 2. The lowest BCUT2D eigenvalue weighted by Gasteiger charge is -2.24. The van der Waals surface area contributed by atoms with Gasteiger partial charge in [0.25, 0.3) is 0 Å². The van der Waals surface area contributed by atoms with E-state index in [1.54, 1.807) is 18.3 Å². The molecule has 0 unspecified atom stereocenters. The molecule has 0 fully saturated rings. The Morgan fingerprint density at radius 2 is 2.06 bits per heavy atom. The highest BCUT2D eigenvalue weighted by Crippen LogP contribution is 2.33. The predicted molar refractivity (Wildman–Crippen MR) is 66.3 cm³/mol. The van der Waals surface area contributed by atoms with Crippen LogP contribution >= 0.6 is 0 Å². The van der Waals surface area contributed by atoms with E-state index in [0.29, 0.717) is 0 Å². The van der Waals surface area contributed by atoms with E-state index in [0.717, 1.165) is 29.7 Å². The van der Waals surface area contributed by atoms with Crippen LogP contribution in [0, 0.1) is 0 Å². The van der Waals surface area contributed by atoms with Gasteiger partial charge in [-0.2, -0.15) is 0 Å². The summed E-state index contributed by atoms with van der Waals surface area (Å²) < 4.78 is 0. The van der Waals surface area contributed by atoms with E-state index in [1.807, 2.05) is 18.3 Å². The Morgan fingerprint density at radius 3 is 2.83 bits per heavy atom. The van der Waals surface area contributed by atoms with Gasteiger partial charge in [-0.25, -0.2) is 0 Å². The van der Waals surface area contributed by atoms with Crippen LogP contribution in [0.3, 0.4) is 0 Å². The zero-order valence-corrected chi connectivity index (χ0v) is 9.87. The van der Waals surface area contributed by atoms with Gasteiger partial charge in [-0.1, -0.05) is 0 Å². The van der Waals surface area contributed by atoms with E-state index < -0.39 is 0 Å². The summed E-state index contributed by atoms with van der Waals surface area (Å²) in [6.07, 6.45) is 4.50. The van der Waals surface area contributed by atoms with E-state index >= 15 is 0 Å². The number of nitrogens with zero attached hydrogens (tertiary/aromatic N) is 1. The molecule has 0 saturated heterocycles. The van der Waals surface area contributed by atoms with E-state index in [-0.39, 0.29) is 17.5 Å². The molecule has 0 bridgehead atoms. The van der Waals surface area contributed by atoms with Gasteiger partial charge in [0.1, 0.15) is 6.04 Å². The summed E-state index contributed by atoms with van der Waals surface area (Å²) in [6, 6.07) is 7.43. The van der Waals surface area contributed by atoms with Gasteiger partial charge >= 0.3 is 0 Å². The average molecular weight is 243 g/mol. The highest BCUT2D eigenvalue weighted by molar-refractivity contribution is 5.48. The normalized spacial score (nSPS) is 18.3. The number of nitrogens with two attached hydrogens (primary N) is 1. The molecule has 1 aromatic heterocycles. The quantitative estimate of drug-likeness (QED) is 0.646. The van der Waals surface area contributed by atoms with Gasteiger partial charge < -0.3 is 15.5 Å². The summed E-state index contributed by atoms with van der Waals surface area (Å²) in [5, 5.41) is 21.5. The number of benzene rings is 1. The number of hydrogen-bond donors (Lipinski definition) is 3. The highest BCUT2D eigenvalue weighted by Gasteiger charge is 2.26. The fourth-order valence-electron chi connectivity index (χ4n) is 2.55. The second-order valence-corrected chi connectivity index (χ2v) is 4.58. The van der Waals surface area contributed by atoms with Gasteiger partial charge in [0.05, 0.1) is 6.54 Å². The molecular formula is C14H15N2O2+. The summed E-state index contributed by atoms with van der Waals surface area (Å²) in [7, 11) is 0. The van der Waals surface area contributed by atoms with Gasteiger partial charge in [-0.3, -0.25) is 4.98 Å². The Hall–Kier alpha value is -2.07. The Bertz CT molecular complexity index is 570. The van der Waals surface area contributed by atoms with Crippen molar-refractivity contribution in [1.82, 2.24) is 4.98 Å². The van der Waals surface area contributed by atoms with Crippen molar-refractivity contribution in [3.8, 4) is 11.5 Å². The summed E-state index contributed by atoms with van der Waals surface area (Å²) in [4.78, 5) is 4.14. The first-order valence-electron chi connectivity index (χ1n) is 6.03.